The van der Waals surface area contributed by atoms with E-state index < -0.39 is 15.9 Å². The van der Waals surface area contributed by atoms with Gasteiger partial charge in [-0.15, -0.1) is 0 Å². The summed E-state index contributed by atoms with van der Waals surface area (Å²) in [6.45, 7) is 9.65. The van der Waals surface area contributed by atoms with Crippen LogP contribution in [0.1, 0.15) is 48.7 Å². The first-order valence-electron chi connectivity index (χ1n) is 13.7. The maximum atomic E-state index is 13.5. The molecule has 226 valence electrons. The number of carbonyl (C=O) groups is 1. The zero-order chi connectivity index (χ0) is 30.8. The first-order chi connectivity index (χ1) is 19.6. The van der Waals surface area contributed by atoms with E-state index in [0.29, 0.717) is 28.9 Å². The summed E-state index contributed by atoms with van der Waals surface area (Å²) >= 11 is 0. The van der Waals surface area contributed by atoms with E-state index in [1.807, 2.05) is 33.8 Å². The number of sulfonamides is 1. The number of aromatic nitrogens is 2. The molecule has 0 aliphatic carbocycles. The Bertz CT molecular complexity index is 1570. The number of likely N-dealkylation sites (N-methyl/N-ethyl adjacent to an activating group) is 1. The van der Waals surface area contributed by atoms with Crippen LogP contribution < -0.4 is 24.4 Å². The molecule has 1 aliphatic rings. The predicted molar refractivity (Wildman–Crippen MR) is 166 cm³/mol. The summed E-state index contributed by atoms with van der Waals surface area (Å²) in [5.41, 5.74) is 2.23. The van der Waals surface area contributed by atoms with Crippen LogP contribution in [0.4, 0.5) is 17.2 Å². The molecule has 0 radical (unpaired) electrons. The van der Waals surface area contributed by atoms with E-state index in [1.54, 1.807) is 30.3 Å². The van der Waals surface area contributed by atoms with Crippen molar-refractivity contribution >= 4 is 33.1 Å². The molecule has 0 saturated carbocycles. The lowest BCUT2D eigenvalue weighted by molar-refractivity contribution is 0.102. The number of methoxy groups -OCH3 is 1. The summed E-state index contributed by atoms with van der Waals surface area (Å²) in [6.07, 6.45) is 3.60. The van der Waals surface area contributed by atoms with E-state index in [2.05, 4.69) is 43.9 Å². The van der Waals surface area contributed by atoms with Crippen molar-refractivity contribution in [2.45, 2.75) is 45.6 Å². The predicted octanol–water partition coefficient (Wildman–Crippen LogP) is 4.65. The minimum absolute atomic E-state index is 0.206. The molecule has 12 heteroatoms. The molecule has 2 heterocycles. The fourth-order valence-electron chi connectivity index (χ4n) is 4.74. The minimum atomic E-state index is -3.60. The van der Waals surface area contributed by atoms with Gasteiger partial charge in [0.1, 0.15) is 17.9 Å². The Morgan fingerprint density at radius 3 is 2.43 bits per heavy atom. The second-order valence-electron chi connectivity index (χ2n) is 11.8. The van der Waals surface area contributed by atoms with Gasteiger partial charge < -0.3 is 24.6 Å². The van der Waals surface area contributed by atoms with Crippen molar-refractivity contribution in [2.24, 2.45) is 0 Å². The maximum Gasteiger partial charge on any atom is 0.255 e. The van der Waals surface area contributed by atoms with Gasteiger partial charge in [-0.2, -0.15) is 0 Å². The third-order valence-corrected chi connectivity index (χ3v) is 7.80. The second kappa shape index (κ2) is 12.1. The number of anilines is 3. The van der Waals surface area contributed by atoms with E-state index in [4.69, 9.17) is 9.47 Å². The first kappa shape index (κ1) is 31.0. The van der Waals surface area contributed by atoms with E-state index in [9.17, 15) is 13.2 Å². The van der Waals surface area contributed by atoms with Gasteiger partial charge in [-0.05, 0) is 68.2 Å². The molecule has 42 heavy (non-hydrogen) atoms. The van der Waals surface area contributed by atoms with Crippen molar-refractivity contribution in [3.63, 3.8) is 0 Å². The van der Waals surface area contributed by atoms with Gasteiger partial charge in [0.05, 0.1) is 24.7 Å². The molecule has 1 fully saturated rings. The highest BCUT2D eigenvalue weighted by Crippen LogP contribution is 2.39. The molecular weight excluding hydrogens is 556 g/mol. The number of rotatable bonds is 9. The molecule has 2 N–H and O–H groups in total. The van der Waals surface area contributed by atoms with E-state index in [0.717, 1.165) is 42.7 Å². The van der Waals surface area contributed by atoms with Gasteiger partial charge in [0.25, 0.3) is 5.91 Å². The molecule has 0 spiro atoms. The smallest absolute Gasteiger partial charge is 0.255 e. The molecule has 11 nitrogen and oxygen atoms in total. The number of hydrogen-bond donors (Lipinski definition) is 2. The van der Waals surface area contributed by atoms with Crippen molar-refractivity contribution in [1.82, 2.24) is 14.9 Å². The van der Waals surface area contributed by atoms with Crippen LogP contribution in [-0.2, 0) is 15.4 Å². The summed E-state index contributed by atoms with van der Waals surface area (Å²) in [6, 6.07) is 10.9. The van der Waals surface area contributed by atoms with Crippen LogP contribution in [0, 0.1) is 6.92 Å². The van der Waals surface area contributed by atoms with Gasteiger partial charge in [0.2, 0.25) is 15.9 Å². The molecule has 1 aromatic heterocycles. The first-order valence-corrected chi connectivity index (χ1v) is 15.6. The molecule has 1 saturated heterocycles. The molecule has 0 bridgehead atoms. The second-order valence-corrected chi connectivity index (χ2v) is 13.6. The standard InChI is InChI=1S/C30H40N6O5S/c1-19-9-10-20(13-25(19)41-27-16-26(31-18-32-27)36-12-11-22(17-36)35(5)6)29(37)33-23-14-21(30(2,3)4)15-24(28(23)40-7)34-42(8,38)39/h9-10,13-16,18,22,34H,11-12,17H2,1-8H3,(H,33,37)/t22-/m1/s1. The highest BCUT2D eigenvalue weighted by molar-refractivity contribution is 7.92. The number of carbonyl (C=O) groups excluding carboxylic acids is 1. The topological polar surface area (TPSA) is 126 Å². The summed E-state index contributed by atoms with van der Waals surface area (Å²) in [5.74, 6) is 1.45. The SMILES string of the molecule is COc1c(NC(=O)c2ccc(C)c(Oc3cc(N4CC[C@@H](N(C)C)C4)ncn3)c2)cc(C(C)(C)C)cc1NS(C)(=O)=O. The third kappa shape index (κ3) is 7.48. The largest absolute Gasteiger partial charge is 0.492 e. The highest BCUT2D eigenvalue weighted by Gasteiger charge is 2.26. The van der Waals surface area contributed by atoms with Gasteiger partial charge >= 0.3 is 0 Å². The van der Waals surface area contributed by atoms with Crippen molar-refractivity contribution in [3.8, 4) is 17.4 Å². The fourth-order valence-corrected chi connectivity index (χ4v) is 5.29. The monoisotopic (exact) mass is 596 g/mol. The maximum absolute atomic E-state index is 13.5. The van der Waals surface area contributed by atoms with Crippen LogP contribution in [0.5, 0.6) is 17.4 Å². The Hall–Kier alpha value is -3.90. The summed E-state index contributed by atoms with van der Waals surface area (Å²) < 4.78 is 38.3. The number of aryl methyl sites for hydroxylation is 1. The lowest BCUT2D eigenvalue weighted by atomic mass is 9.86. The van der Waals surface area contributed by atoms with Crippen LogP contribution >= 0.6 is 0 Å². The van der Waals surface area contributed by atoms with Gasteiger partial charge in [0.15, 0.2) is 5.75 Å². The summed E-state index contributed by atoms with van der Waals surface area (Å²) in [5, 5.41) is 2.90. The lowest BCUT2D eigenvalue weighted by Gasteiger charge is -2.24. The number of benzene rings is 2. The van der Waals surface area contributed by atoms with Crippen LogP contribution in [0.25, 0.3) is 0 Å². The summed E-state index contributed by atoms with van der Waals surface area (Å²) in [7, 11) is 1.98. The van der Waals surface area contributed by atoms with Gasteiger partial charge in [-0.25, -0.2) is 18.4 Å². The number of ether oxygens (including phenoxy) is 2. The van der Waals surface area contributed by atoms with Crippen molar-refractivity contribution < 1.29 is 22.7 Å². The molecule has 3 aromatic rings. The Labute approximate surface area is 248 Å². The number of nitrogens with one attached hydrogen (secondary N) is 2. The fraction of sp³-hybridized carbons (Fsp3) is 0.433. The van der Waals surface area contributed by atoms with E-state index in [1.165, 1.54) is 13.4 Å². The van der Waals surface area contributed by atoms with Crippen LogP contribution in [-0.4, -0.2) is 75.8 Å². The minimum Gasteiger partial charge on any atom is -0.492 e. The number of amides is 1. The third-order valence-electron chi connectivity index (χ3n) is 7.21. The normalized spacial score (nSPS) is 15.5. The van der Waals surface area contributed by atoms with Crippen LogP contribution in [0.15, 0.2) is 42.7 Å². The number of hydrogen-bond acceptors (Lipinski definition) is 9. The van der Waals surface area contributed by atoms with Gasteiger partial charge in [-0.1, -0.05) is 26.8 Å². The van der Waals surface area contributed by atoms with E-state index >= 15 is 0 Å². The zero-order valence-corrected chi connectivity index (χ0v) is 26.3. The van der Waals surface area contributed by atoms with Crippen molar-refractivity contribution in [1.29, 1.82) is 0 Å². The molecule has 1 amide bonds. The van der Waals surface area contributed by atoms with E-state index in [-0.39, 0.29) is 16.9 Å². The van der Waals surface area contributed by atoms with Crippen molar-refractivity contribution in [3.05, 3.63) is 59.4 Å². The Kier molecular flexibility index (Phi) is 8.98. The molecule has 1 atom stereocenters. The Morgan fingerprint density at radius 2 is 1.81 bits per heavy atom. The molecule has 0 unspecified atom stereocenters. The Balaban J connectivity index is 1.60. The zero-order valence-electron chi connectivity index (χ0n) is 25.5. The molecule has 2 aromatic carbocycles. The van der Waals surface area contributed by atoms with Crippen LogP contribution in [0.3, 0.4) is 0 Å². The molecule has 1 aliphatic heterocycles. The quantitative estimate of drug-likeness (QED) is 0.363. The number of nitrogens with zero attached hydrogens (tertiary/aromatic N) is 4. The average Bonchev–Trinajstić information content (AvgIpc) is 3.39. The van der Waals surface area contributed by atoms with Crippen LogP contribution in [0.2, 0.25) is 0 Å². The average molecular weight is 597 g/mol. The van der Waals surface area contributed by atoms with Gasteiger partial charge in [-0.3, -0.25) is 9.52 Å². The Morgan fingerprint density at radius 1 is 1.10 bits per heavy atom. The lowest BCUT2D eigenvalue weighted by Crippen LogP contribution is -2.31. The van der Waals surface area contributed by atoms with Crippen molar-refractivity contribution in [2.75, 3.05) is 55.5 Å². The molecule has 4 rings (SSSR count). The van der Waals surface area contributed by atoms with Gasteiger partial charge in [0, 0.05) is 30.8 Å². The summed E-state index contributed by atoms with van der Waals surface area (Å²) in [4.78, 5) is 26.6. The highest BCUT2D eigenvalue weighted by atomic mass is 32.2. The molecular formula is C30H40N6O5S.